The first kappa shape index (κ1) is 35.4. The van der Waals surface area contributed by atoms with Crippen LogP contribution in [0.3, 0.4) is 0 Å². The molecule has 9 nitrogen and oxygen atoms in total. The molecule has 2 aromatic rings. The van der Waals surface area contributed by atoms with E-state index >= 15 is 4.79 Å². The number of carbonyl (C=O) groups excluding carboxylic acids is 3. The largest absolute Gasteiger partial charge is 0.494 e. The lowest BCUT2D eigenvalue weighted by Gasteiger charge is -2.39. The molecule has 3 amide bonds. The highest BCUT2D eigenvalue weighted by molar-refractivity contribution is 6.07. The molecule has 0 aliphatic carbocycles. The summed E-state index contributed by atoms with van der Waals surface area (Å²) < 4.78 is 12.7. The highest BCUT2D eigenvalue weighted by atomic mass is 16.5. The predicted octanol–water partition coefficient (Wildman–Crippen LogP) is 5.61. The van der Waals surface area contributed by atoms with Gasteiger partial charge in [0.05, 0.1) is 24.0 Å². The van der Waals surface area contributed by atoms with Gasteiger partial charge in [0, 0.05) is 37.6 Å². The first-order chi connectivity index (χ1) is 23.0. The van der Waals surface area contributed by atoms with Crippen molar-refractivity contribution in [2.45, 2.75) is 77.5 Å². The molecule has 0 radical (unpaired) electrons. The number of amides is 3. The minimum absolute atomic E-state index is 0.0583. The number of hydrogen-bond donors (Lipinski definition) is 1. The van der Waals surface area contributed by atoms with E-state index in [9.17, 15) is 14.7 Å². The molecule has 3 aliphatic rings. The quantitative estimate of drug-likeness (QED) is 0.197. The Morgan fingerprint density at radius 2 is 1.67 bits per heavy atom. The number of aliphatic hydroxyl groups is 1. The maximum Gasteiger partial charge on any atom is 0.253 e. The van der Waals surface area contributed by atoms with E-state index in [1.165, 1.54) is 0 Å². The third-order valence-electron chi connectivity index (χ3n) is 10.7. The van der Waals surface area contributed by atoms with Crippen LogP contribution in [0, 0.1) is 31.6 Å². The Morgan fingerprint density at radius 1 is 1.02 bits per heavy atom. The molecule has 2 aromatic carbocycles. The van der Waals surface area contributed by atoms with Gasteiger partial charge in [-0.3, -0.25) is 14.4 Å². The zero-order valence-corrected chi connectivity index (χ0v) is 29.1. The Morgan fingerprint density at radius 3 is 2.27 bits per heavy atom. The first-order valence-corrected chi connectivity index (χ1v) is 17.3. The van der Waals surface area contributed by atoms with Crippen molar-refractivity contribution >= 4 is 29.1 Å². The highest BCUT2D eigenvalue weighted by Gasteiger charge is 2.80. The molecule has 3 heterocycles. The zero-order valence-electron chi connectivity index (χ0n) is 29.1. The van der Waals surface area contributed by atoms with Crippen LogP contribution in [0.25, 0.3) is 0 Å². The minimum atomic E-state index is -1.19. The molecule has 3 unspecified atom stereocenters. The number of aliphatic hydroxyl groups excluding tert-OH is 1. The topological polar surface area (TPSA) is 99.6 Å². The number of benzene rings is 2. The average Bonchev–Trinajstić information content (AvgIpc) is 3.57. The first-order valence-electron chi connectivity index (χ1n) is 17.3. The standard InChI is InChI=1S/C39H51N3O6/c1-8-21-40(29-17-19-30(20-18-29)47-10-3)35(44)31-32-36(45)42(23-12-11-13-24-43)34(39(32)25-28(6)38(31,7)48-39)37(46)41(22-9-2)33-26(4)15-14-16-27(33)5/h8-9,14-20,28,31-32,34,43H,1-2,10-13,21-25H2,3-7H3/t28?,31-,32-,34?,38+,39?/m0/s1. The molecule has 0 aromatic heterocycles. The Labute approximate surface area is 285 Å². The molecule has 6 atom stereocenters. The molecule has 1 N–H and O–H groups in total. The van der Waals surface area contributed by atoms with Crippen LogP contribution in [-0.2, 0) is 19.1 Å². The second-order valence-corrected chi connectivity index (χ2v) is 13.7. The van der Waals surface area contributed by atoms with Crippen molar-refractivity contribution in [3.63, 3.8) is 0 Å². The van der Waals surface area contributed by atoms with Crippen LogP contribution >= 0.6 is 0 Å². The average molecular weight is 658 g/mol. The molecule has 9 heteroatoms. The molecule has 258 valence electrons. The number of likely N-dealkylation sites (tertiary alicyclic amines) is 1. The van der Waals surface area contributed by atoms with Gasteiger partial charge in [-0.05, 0) is 94.7 Å². The molecule has 0 saturated carbocycles. The van der Waals surface area contributed by atoms with Gasteiger partial charge >= 0.3 is 0 Å². The zero-order chi connectivity index (χ0) is 34.8. The van der Waals surface area contributed by atoms with E-state index in [1.54, 1.807) is 26.9 Å². The minimum Gasteiger partial charge on any atom is -0.494 e. The fourth-order valence-electron chi connectivity index (χ4n) is 8.51. The van der Waals surface area contributed by atoms with Crippen molar-refractivity contribution in [2.75, 3.05) is 42.6 Å². The second-order valence-electron chi connectivity index (χ2n) is 13.7. The van der Waals surface area contributed by atoms with Crippen molar-refractivity contribution in [3.8, 4) is 5.75 Å². The van der Waals surface area contributed by atoms with Gasteiger partial charge in [-0.25, -0.2) is 0 Å². The van der Waals surface area contributed by atoms with Gasteiger partial charge in [-0.2, -0.15) is 0 Å². The number of carbonyl (C=O) groups is 3. The number of ether oxygens (including phenoxy) is 2. The Bertz CT molecular complexity index is 1520. The number of rotatable bonds is 15. The van der Waals surface area contributed by atoms with Gasteiger partial charge in [0.25, 0.3) is 5.91 Å². The third-order valence-corrected chi connectivity index (χ3v) is 10.7. The molecular weight excluding hydrogens is 606 g/mol. The number of aryl methyl sites for hydroxylation is 2. The van der Waals surface area contributed by atoms with E-state index in [1.807, 2.05) is 70.2 Å². The summed E-state index contributed by atoms with van der Waals surface area (Å²) in [5, 5.41) is 9.43. The maximum absolute atomic E-state index is 15.1. The van der Waals surface area contributed by atoms with Gasteiger partial charge in [0.2, 0.25) is 11.8 Å². The van der Waals surface area contributed by atoms with E-state index in [4.69, 9.17) is 9.47 Å². The monoisotopic (exact) mass is 657 g/mol. The summed E-state index contributed by atoms with van der Waals surface area (Å²) in [6.07, 6.45) is 5.78. The van der Waals surface area contributed by atoms with Gasteiger partial charge in [0.1, 0.15) is 17.4 Å². The fourth-order valence-corrected chi connectivity index (χ4v) is 8.51. The molecular formula is C39H51N3O6. The van der Waals surface area contributed by atoms with Gasteiger partial charge in [-0.1, -0.05) is 37.3 Å². The highest BCUT2D eigenvalue weighted by Crippen LogP contribution is 2.65. The van der Waals surface area contributed by atoms with Crippen LogP contribution in [0.2, 0.25) is 0 Å². The fraction of sp³-hybridized carbons (Fsp3) is 0.513. The Balaban J connectivity index is 1.60. The smallest absolute Gasteiger partial charge is 0.253 e. The van der Waals surface area contributed by atoms with E-state index in [0.29, 0.717) is 50.3 Å². The molecule has 2 bridgehead atoms. The SMILES string of the molecule is C=CCN(C(=O)[C@@H]1[C@H]2C(=O)N(CCCCCO)C(C(=O)N(CC=C)c3c(C)cccc3C)C23CC(C)[C@@]1(C)O3)c1ccc(OCC)cc1. The predicted molar refractivity (Wildman–Crippen MR) is 188 cm³/mol. The Kier molecular flexibility index (Phi) is 10.5. The summed E-state index contributed by atoms with van der Waals surface area (Å²) >= 11 is 0. The summed E-state index contributed by atoms with van der Waals surface area (Å²) in [6.45, 7) is 19.1. The molecule has 3 aliphatic heterocycles. The third kappa shape index (κ3) is 5.85. The van der Waals surface area contributed by atoms with Crippen LogP contribution in [0.15, 0.2) is 67.8 Å². The van der Waals surface area contributed by atoms with Crippen molar-refractivity contribution in [1.29, 1.82) is 0 Å². The maximum atomic E-state index is 15.1. The number of anilines is 2. The lowest BCUT2D eigenvalue weighted by atomic mass is 9.62. The number of fused-ring (bicyclic) bond motifs is 1. The lowest BCUT2D eigenvalue weighted by Crippen LogP contribution is -2.57. The second kappa shape index (κ2) is 14.3. The van der Waals surface area contributed by atoms with E-state index in [-0.39, 0.29) is 43.3 Å². The van der Waals surface area contributed by atoms with E-state index in [2.05, 4.69) is 20.1 Å². The van der Waals surface area contributed by atoms with Crippen LogP contribution in [-0.4, -0.2) is 77.8 Å². The van der Waals surface area contributed by atoms with Crippen LogP contribution in [0.4, 0.5) is 11.4 Å². The number of nitrogens with zero attached hydrogens (tertiary/aromatic N) is 3. The van der Waals surface area contributed by atoms with Gasteiger partial charge in [0.15, 0.2) is 0 Å². The Hall–Kier alpha value is -3.95. The summed E-state index contributed by atoms with van der Waals surface area (Å²) in [7, 11) is 0. The molecule has 48 heavy (non-hydrogen) atoms. The van der Waals surface area contributed by atoms with Crippen molar-refractivity contribution in [2.24, 2.45) is 17.8 Å². The van der Waals surface area contributed by atoms with Crippen LogP contribution in [0.5, 0.6) is 5.75 Å². The molecule has 3 saturated heterocycles. The van der Waals surface area contributed by atoms with Crippen LogP contribution < -0.4 is 14.5 Å². The van der Waals surface area contributed by atoms with Crippen molar-refractivity contribution in [1.82, 2.24) is 4.90 Å². The molecule has 5 rings (SSSR count). The van der Waals surface area contributed by atoms with Crippen molar-refractivity contribution < 1.29 is 29.0 Å². The summed E-state index contributed by atoms with van der Waals surface area (Å²) in [6, 6.07) is 12.3. The normalized spacial score (nSPS) is 27.1. The summed E-state index contributed by atoms with van der Waals surface area (Å²) in [5.41, 5.74) is 1.20. The van der Waals surface area contributed by atoms with Crippen molar-refractivity contribution in [3.05, 3.63) is 78.9 Å². The van der Waals surface area contributed by atoms with Crippen LogP contribution in [0.1, 0.15) is 57.6 Å². The lowest BCUT2D eigenvalue weighted by molar-refractivity contribution is -0.145. The van der Waals surface area contributed by atoms with E-state index < -0.39 is 29.1 Å². The number of para-hydroxylation sites is 1. The molecule has 1 spiro atoms. The molecule has 3 fully saturated rings. The summed E-state index contributed by atoms with van der Waals surface area (Å²) in [4.78, 5) is 49.8. The van der Waals surface area contributed by atoms with Gasteiger partial charge in [-0.15, -0.1) is 13.2 Å². The summed E-state index contributed by atoms with van der Waals surface area (Å²) in [5.74, 6) is -1.73. The number of hydrogen-bond acceptors (Lipinski definition) is 6. The van der Waals surface area contributed by atoms with Gasteiger partial charge < -0.3 is 29.3 Å². The number of unbranched alkanes of at least 4 members (excludes halogenated alkanes) is 2. The van der Waals surface area contributed by atoms with E-state index in [0.717, 1.165) is 16.8 Å².